The zero-order valence-corrected chi connectivity index (χ0v) is 17.1. The van der Waals surface area contributed by atoms with E-state index in [-0.39, 0.29) is 18.3 Å². The minimum Gasteiger partial charge on any atom is -0.486 e. The summed E-state index contributed by atoms with van der Waals surface area (Å²) in [5.74, 6) is 1.28. The molecule has 0 unspecified atom stereocenters. The van der Waals surface area contributed by atoms with Crippen LogP contribution in [0.25, 0.3) is 5.69 Å². The molecule has 1 aromatic heterocycles. The number of aromatic nitrogens is 3. The number of thioether (sulfide) groups is 1. The third-order valence-electron chi connectivity index (χ3n) is 3.52. The third-order valence-corrected chi connectivity index (χ3v) is 4.95. The number of rotatable bonds is 8. The van der Waals surface area contributed by atoms with Crippen molar-refractivity contribution in [2.45, 2.75) is 18.7 Å². The molecule has 140 valence electrons. The molecule has 0 saturated heterocycles. The molecule has 0 N–H and O–H groups in total. The number of benzene rings is 2. The largest absolute Gasteiger partial charge is 0.486 e. The second-order valence-corrected chi connectivity index (χ2v) is 7.26. The number of para-hydroxylation sites is 1. The molecule has 0 aliphatic heterocycles. The summed E-state index contributed by atoms with van der Waals surface area (Å²) in [7, 11) is 0. The lowest BCUT2D eigenvalue weighted by molar-refractivity contribution is -0.139. The average molecular weight is 448 g/mol. The van der Waals surface area contributed by atoms with E-state index >= 15 is 0 Å². The SMILES string of the molecule is CCOC(=O)CSc1nnc(COc2ccc(Br)cc2)n1-c1ccccc1. The van der Waals surface area contributed by atoms with E-state index in [1.807, 2.05) is 59.2 Å². The van der Waals surface area contributed by atoms with Gasteiger partial charge in [-0.25, -0.2) is 0 Å². The van der Waals surface area contributed by atoms with Gasteiger partial charge in [0.25, 0.3) is 0 Å². The number of carbonyl (C=O) groups excluding carboxylic acids is 1. The summed E-state index contributed by atoms with van der Waals surface area (Å²) in [6.45, 7) is 2.40. The zero-order valence-electron chi connectivity index (χ0n) is 14.7. The minimum absolute atomic E-state index is 0.173. The van der Waals surface area contributed by atoms with Gasteiger partial charge in [0.1, 0.15) is 12.4 Å². The van der Waals surface area contributed by atoms with Crippen LogP contribution in [0.15, 0.2) is 64.2 Å². The normalized spacial score (nSPS) is 10.6. The number of hydrogen-bond acceptors (Lipinski definition) is 6. The Hall–Kier alpha value is -2.32. The van der Waals surface area contributed by atoms with Crippen molar-refractivity contribution in [3.8, 4) is 11.4 Å². The van der Waals surface area contributed by atoms with Crippen molar-refractivity contribution >= 4 is 33.7 Å². The molecule has 6 nitrogen and oxygen atoms in total. The molecule has 0 spiro atoms. The quantitative estimate of drug-likeness (QED) is 0.379. The van der Waals surface area contributed by atoms with E-state index in [4.69, 9.17) is 9.47 Å². The molecule has 27 heavy (non-hydrogen) atoms. The zero-order chi connectivity index (χ0) is 19.1. The van der Waals surface area contributed by atoms with Crippen LogP contribution < -0.4 is 4.74 Å². The molecule has 3 rings (SSSR count). The molecular formula is C19H18BrN3O3S. The summed E-state index contributed by atoms with van der Waals surface area (Å²) in [5, 5.41) is 9.10. The van der Waals surface area contributed by atoms with Gasteiger partial charge in [0.2, 0.25) is 0 Å². The Kier molecular flexibility index (Phi) is 6.89. The summed E-state index contributed by atoms with van der Waals surface area (Å²) in [6.07, 6.45) is 0. The Morgan fingerprint density at radius 2 is 1.85 bits per heavy atom. The predicted octanol–water partition coefficient (Wildman–Crippen LogP) is 4.26. The molecule has 0 amide bonds. The van der Waals surface area contributed by atoms with Gasteiger partial charge in [-0.2, -0.15) is 0 Å². The van der Waals surface area contributed by atoms with Gasteiger partial charge in [-0.15, -0.1) is 10.2 Å². The van der Waals surface area contributed by atoms with Crippen LogP contribution in [0.4, 0.5) is 0 Å². The smallest absolute Gasteiger partial charge is 0.316 e. The van der Waals surface area contributed by atoms with E-state index in [0.29, 0.717) is 17.6 Å². The average Bonchev–Trinajstić information content (AvgIpc) is 3.10. The van der Waals surface area contributed by atoms with E-state index in [9.17, 15) is 4.79 Å². The van der Waals surface area contributed by atoms with Gasteiger partial charge < -0.3 is 9.47 Å². The van der Waals surface area contributed by atoms with Gasteiger partial charge in [-0.3, -0.25) is 9.36 Å². The number of nitrogens with zero attached hydrogens (tertiary/aromatic N) is 3. The van der Waals surface area contributed by atoms with Crippen molar-refractivity contribution in [3.63, 3.8) is 0 Å². The first kappa shape index (κ1) is 19.4. The molecule has 0 fully saturated rings. The second-order valence-electron chi connectivity index (χ2n) is 5.41. The standard InChI is InChI=1S/C19H18BrN3O3S/c1-2-25-18(24)13-27-19-22-21-17(23(19)15-6-4-3-5-7-15)12-26-16-10-8-14(20)9-11-16/h3-11H,2,12-13H2,1H3. The molecule has 8 heteroatoms. The lowest BCUT2D eigenvalue weighted by Gasteiger charge is -2.11. The van der Waals surface area contributed by atoms with Crippen molar-refractivity contribution < 1.29 is 14.3 Å². The highest BCUT2D eigenvalue weighted by Gasteiger charge is 2.16. The van der Waals surface area contributed by atoms with Gasteiger partial charge in [0, 0.05) is 10.2 Å². The fraction of sp³-hybridized carbons (Fsp3) is 0.211. The minimum atomic E-state index is -0.280. The first-order valence-corrected chi connectivity index (χ1v) is 10.1. The van der Waals surface area contributed by atoms with Gasteiger partial charge in [0.15, 0.2) is 11.0 Å². The van der Waals surface area contributed by atoms with Crippen molar-refractivity contribution in [2.75, 3.05) is 12.4 Å². The summed E-state index contributed by atoms with van der Waals surface area (Å²) in [5.41, 5.74) is 0.906. The third kappa shape index (κ3) is 5.33. The van der Waals surface area contributed by atoms with Crippen LogP contribution in [0.3, 0.4) is 0 Å². The van der Waals surface area contributed by atoms with Gasteiger partial charge in [-0.1, -0.05) is 45.9 Å². The lowest BCUT2D eigenvalue weighted by atomic mass is 10.3. The first-order chi connectivity index (χ1) is 13.2. The summed E-state index contributed by atoms with van der Waals surface area (Å²) in [6, 6.07) is 17.3. The van der Waals surface area contributed by atoms with Crippen LogP contribution in [0.2, 0.25) is 0 Å². The molecule has 0 saturated carbocycles. The molecule has 0 aliphatic rings. The maximum Gasteiger partial charge on any atom is 0.316 e. The molecule has 0 atom stereocenters. The molecule has 1 heterocycles. The molecule has 2 aromatic carbocycles. The fourth-order valence-electron chi connectivity index (χ4n) is 2.33. The topological polar surface area (TPSA) is 66.2 Å². The van der Waals surface area contributed by atoms with Crippen molar-refractivity contribution in [2.24, 2.45) is 0 Å². The van der Waals surface area contributed by atoms with E-state index < -0.39 is 0 Å². The number of halogens is 1. The Morgan fingerprint density at radius 1 is 1.11 bits per heavy atom. The van der Waals surface area contributed by atoms with Crippen LogP contribution in [-0.2, 0) is 16.1 Å². The second kappa shape index (κ2) is 9.57. The summed E-state index contributed by atoms with van der Waals surface area (Å²) in [4.78, 5) is 11.7. The fourth-order valence-corrected chi connectivity index (χ4v) is 3.36. The highest BCUT2D eigenvalue weighted by atomic mass is 79.9. The summed E-state index contributed by atoms with van der Waals surface area (Å²) < 4.78 is 13.7. The van der Waals surface area contributed by atoms with E-state index in [0.717, 1.165) is 15.9 Å². The van der Waals surface area contributed by atoms with E-state index in [1.54, 1.807) is 6.92 Å². The van der Waals surface area contributed by atoms with Crippen LogP contribution in [0, 0.1) is 0 Å². The first-order valence-electron chi connectivity index (χ1n) is 8.34. The molecule has 0 aliphatic carbocycles. The summed E-state index contributed by atoms with van der Waals surface area (Å²) >= 11 is 4.69. The molecule has 3 aromatic rings. The molecule has 0 bridgehead atoms. The maximum absolute atomic E-state index is 11.7. The molecular weight excluding hydrogens is 430 g/mol. The van der Waals surface area contributed by atoms with Crippen molar-refractivity contribution in [1.29, 1.82) is 0 Å². The lowest BCUT2D eigenvalue weighted by Crippen LogP contribution is -2.09. The van der Waals surface area contributed by atoms with Crippen LogP contribution >= 0.6 is 27.7 Å². The van der Waals surface area contributed by atoms with Gasteiger partial charge in [-0.05, 0) is 43.3 Å². The van der Waals surface area contributed by atoms with E-state index in [2.05, 4.69) is 26.1 Å². The Labute approximate surface area is 170 Å². The van der Waals surface area contributed by atoms with Gasteiger partial charge in [0.05, 0.1) is 12.4 Å². The van der Waals surface area contributed by atoms with Crippen LogP contribution in [0.5, 0.6) is 5.75 Å². The Morgan fingerprint density at radius 3 is 2.56 bits per heavy atom. The van der Waals surface area contributed by atoms with Gasteiger partial charge >= 0.3 is 5.97 Å². The Balaban J connectivity index is 1.80. The highest BCUT2D eigenvalue weighted by molar-refractivity contribution is 9.10. The predicted molar refractivity (Wildman–Crippen MR) is 107 cm³/mol. The monoisotopic (exact) mass is 447 g/mol. The Bertz CT molecular complexity index is 885. The highest BCUT2D eigenvalue weighted by Crippen LogP contribution is 2.23. The van der Waals surface area contributed by atoms with Crippen molar-refractivity contribution in [1.82, 2.24) is 14.8 Å². The maximum atomic E-state index is 11.7. The van der Waals surface area contributed by atoms with Crippen LogP contribution in [-0.4, -0.2) is 33.1 Å². The van der Waals surface area contributed by atoms with E-state index in [1.165, 1.54) is 11.8 Å². The number of carbonyl (C=O) groups is 1. The number of ether oxygens (including phenoxy) is 2. The number of esters is 1. The van der Waals surface area contributed by atoms with Crippen LogP contribution in [0.1, 0.15) is 12.7 Å². The molecule has 0 radical (unpaired) electrons. The van der Waals surface area contributed by atoms with Crippen molar-refractivity contribution in [3.05, 3.63) is 64.9 Å². The number of hydrogen-bond donors (Lipinski definition) is 0.